The summed E-state index contributed by atoms with van der Waals surface area (Å²) in [7, 11) is 0. The molecule has 1 N–H and O–H groups in total. The molecular weight excluding hydrogens is 238 g/mol. The van der Waals surface area contributed by atoms with Crippen LogP contribution in [0.2, 0.25) is 0 Å². The van der Waals surface area contributed by atoms with Gasteiger partial charge in [-0.2, -0.15) is 0 Å². The van der Waals surface area contributed by atoms with Crippen LogP contribution >= 0.6 is 0 Å². The van der Waals surface area contributed by atoms with Crippen molar-refractivity contribution in [3.63, 3.8) is 0 Å². The van der Waals surface area contributed by atoms with Crippen LogP contribution in [0.1, 0.15) is 52.0 Å². The molecule has 0 aromatic heterocycles. The predicted molar refractivity (Wildman–Crippen MR) is 79.1 cm³/mol. The van der Waals surface area contributed by atoms with Gasteiger partial charge in [0.25, 0.3) is 0 Å². The Balaban J connectivity index is 2.59. The van der Waals surface area contributed by atoms with Crippen LogP contribution in [0.3, 0.4) is 0 Å². The quantitative estimate of drug-likeness (QED) is 0.570. The molecule has 0 radical (unpaired) electrons. The first kappa shape index (κ1) is 15.7. The van der Waals surface area contributed by atoms with Crippen LogP contribution in [0.4, 0.5) is 0 Å². The molecule has 0 bridgehead atoms. The minimum Gasteiger partial charge on any atom is -0.391 e. The van der Waals surface area contributed by atoms with Crippen molar-refractivity contribution in [2.75, 3.05) is 0 Å². The molecule has 1 rings (SSSR count). The molecule has 0 saturated heterocycles. The minimum absolute atomic E-state index is 0.437. The summed E-state index contributed by atoms with van der Waals surface area (Å²) in [6.07, 6.45) is 3.32. The summed E-state index contributed by atoms with van der Waals surface area (Å²) in [5, 5.41) is 14.7. The highest BCUT2D eigenvalue weighted by Gasteiger charge is 2.29. The van der Waals surface area contributed by atoms with Crippen molar-refractivity contribution in [3.8, 4) is 0 Å². The first-order chi connectivity index (χ1) is 9.12. The van der Waals surface area contributed by atoms with Crippen LogP contribution in [0.5, 0.6) is 0 Å². The van der Waals surface area contributed by atoms with E-state index >= 15 is 0 Å². The van der Waals surface area contributed by atoms with E-state index in [1.807, 2.05) is 37.3 Å². The van der Waals surface area contributed by atoms with Gasteiger partial charge in [0.15, 0.2) is 0 Å². The van der Waals surface area contributed by atoms with Gasteiger partial charge in [-0.05, 0) is 25.3 Å². The molecule has 0 unspecified atom stereocenters. The van der Waals surface area contributed by atoms with E-state index in [0.29, 0.717) is 12.3 Å². The molecule has 0 aliphatic rings. The van der Waals surface area contributed by atoms with Crippen LogP contribution in [-0.4, -0.2) is 16.4 Å². The van der Waals surface area contributed by atoms with E-state index < -0.39 is 5.60 Å². The van der Waals surface area contributed by atoms with Crippen LogP contribution in [0, 0.1) is 0 Å². The third-order valence-corrected chi connectivity index (χ3v) is 3.28. The molecule has 1 aromatic carbocycles. The fraction of sp³-hybridized carbons (Fsp3) is 0.562. The Morgan fingerprint density at radius 1 is 1.16 bits per heavy atom. The number of aliphatic hydroxyl groups is 1. The summed E-state index contributed by atoms with van der Waals surface area (Å²) < 4.78 is 0. The molecule has 3 heteroatoms. The van der Waals surface area contributed by atoms with Gasteiger partial charge in [0.05, 0.1) is 5.71 Å². The highest BCUT2D eigenvalue weighted by molar-refractivity contribution is 5.89. The number of nitrogens with zero attached hydrogens (tertiary/aromatic N) is 1. The SMILES string of the molecule is CCCC(O)(CCC)/C(C)=N\OCc1ccccc1. The van der Waals surface area contributed by atoms with Crippen molar-refractivity contribution in [2.45, 2.75) is 58.7 Å². The lowest BCUT2D eigenvalue weighted by Gasteiger charge is -2.26. The summed E-state index contributed by atoms with van der Waals surface area (Å²) in [6, 6.07) is 9.91. The molecule has 0 fully saturated rings. The van der Waals surface area contributed by atoms with Crippen molar-refractivity contribution >= 4 is 5.71 Å². The van der Waals surface area contributed by atoms with Crippen molar-refractivity contribution in [1.82, 2.24) is 0 Å². The fourth-order valence-electron chi connectivity index (χ4n) is 2.18. The zero-order chi connectivity index (χ0) is 14.1. The largest absolute Gasteiger partial charge is 0.391 e. The van der Waals surface area contributed by atoms with E-state index in [1.165, 1.54) is 0 Å². The number of benzene rings is 1. The topological polar surface area (TPSA) is 41.8 Å². The lowest BCUT2D eigenvalue weighted by atomic mass is 9.88. The van der Waals surface area contributed by atoms with E-state index in [2.05, 4.69) is 19.0 Å². The van der Waals surface area contributed by atoms with Gasteiger partial charge in [-0.1, -0.05) is 62.2 Å². The number of hydrogen-bond acceptors (Lipinski definition) is 3. The van der Waals surface area contributed by atoms with Crippen molar-refractivity contribution < 1.29 is 9.94 Å². The third-order valence-electron chi connectivity index (χ3n) is 3.28. The van der Waals surface area contributed by atoms with Crippen LogP contribution in [-0.2, 0) is 11.4 Å². The van der Waals surface area contributed by atoms with Gasteiger partial charge in [-0.25, -0.2) is 0 Å². The maximum absolute atomic E-state index is 10.6. The molecule has 0 amide bonds. The van der Waals surface area contributed by atoms with Gasteiger partial charge in [-0.15, -0.1) is 0 Å². The van der Waals surface area contributed by atoms with E-state index in [4.69, 9.17) is 4.84 Å². The lowest BCUT2D eigenvalue weighted by Crippen LogP contribution is -2.36. The first-order valence-electron chi connectivity index (χ1n) is 7.05. The summed E-state index contributed by atoms with van der Waals surface area (Å²) >= 11 is 0. The lowest BCUT2D eigenvalue weighted by molar-refractivity contribution is 0.0749. The summed E-state index contributed by atoms with van der Waals surface area (Å²) in [5.41, 5.74) is 0.931. The van der Waals surface area contributed by atoms with Gasteiger partial charge in [-0.3, -0.25) is 0 Å². The van der Waals surface area contributed by atoms with Gasteiger partial charge in [0.2, 0.25) is 0 Å². The van der Waals surface area contributed by atoms with Crippen LogP contribution < -0.4 is 0 Å². The van der Waals surface area contributed by atoms with Crippen molar-refractivity contribution in [2.24, 2.45) is 5.16 Å². The highest BCUT2D eigenvalue weighted by atomic mass is 16.6. The number of rotatable bonds is 8. The zero-order valence-electron chi connectivity index (χ0n) is 12.2. The standard InChI is InChI=1S/C16H25NO2/c1-4-11-16(18,12-5-2)14(3)17-19-13-15-9-7-6-8-10-15/h6-10,18H,4-5,11-13H2,1-3H3/b17-14-. The van der Waals surface area contributed by atoms with Gasteiger partial charge >= 0.3 is 0 Å². The molecule has 0 atom stereocenters. The Bertz CT molecular complexity index is 381. The molecule has 3 nitrogen and oxygen atoms in total. The Morgan fingerprint density at radius 3 is 2.26 bits per heavy atom. The highest BCUT2D eigenvalue weighted by Crippen LogP contribution is 2.21. The fourth-order valence-corrected chi connectivity index (χ4v) is 2.18. The Morgan fingerprint density at radius 2 is 1.74 bits per heavy atom. The van der Waals surface area contributed by atoms with Gasteiger partial charge < -0.3 is 9.94 Å². The van der Waals surface area contributed by atoms with Gasteiger partial charge in [0.1, 0.15) is 12.2 Å². The van der Waals surface area contributed by atoms with E-state index in [1.54, 1.807) is 0 Å². The summed E-state index contributed by atoms with van der Waals surface area (Å²) in [4.78, 5) is 5.35. The average Bonchev–Trinajstić information content (AvgIpc) is 2.40. The summed E-state index contributed by atoms with van der Waals surface area (Å²) in [6.45, 7) is 6.42. The smallest absolute Gasteiger partial charge is 0.142 e. The Hall–Kier alpha value is -1.35. The van der Waals surface area contributed by atoms with E-state index in [-0.39, 0.29) is 0 Å². The van der Waals surface area contributed by atoms with Crippen molar-refractivity contribution in [3.05, 3.63) is 35.9 Å². The molecule has 0 saturated carbocycles. The second-order valence-corrected chi connectivity index (χ2v) is 4.97. The Kier molecular flexibility index (Phi) is 6.57. The molecular formula is C16H25NO2. The van der Waals surface area contributed by atoms with Crippen LogP contribution in [0.15, 0.2) is 35.5 Å². The normalized spacial score (nSPS) is 12.5. The zero-order valence-corrected chi connectivity index (χ0v) is 12.2. The average molecular weight is 263 g/mol. The maximum atomic E-state index is 10.6. The molecule has 106 valence electrons. The van der Waals surface area contributed by atoms with Gasteiger partial charge in [0, 0.05) is 0 Å². The predicted octanol–water partition coefficient (Wildman–Crippen LogP) is 3.91. The van der Waals surface area contributed by atoms with Crippen LogP contribution in [0.25, 0.3) is 0 Å². The minimum atomic E-state index is -0.819. The molecule has 0 aliphatic heterocycles. The molecule has 1 aromatic rings. The molecule has 0 spiro atoms. The molecule has 0 aliphatic carbocycles. The Labute approximate surface area is 116 Å². The maximum Gasteiger partial charge on any atom is 0.142 e. The third kappa shape index (κ3) is 5.03. The van der Waals surface area contributed by atoms with E-state index in [0.717, 1.165) is 31.2 Å². The monoisotopic (exact) mass is 263 g/mol. The second kappa shape index (κ2) is 7.95. The number of hydrogen-bond donors (Lipinski definition) is 1. The first-order valence-corrected chi connectivity index (χ1v) is 7.05. The van der Waals surface area contributed by atoms with Crippen molar-refractivity contribution in [1.29, 1.82) is 0 Å². The molecule has 0 heterocycles. The second-order valence-electron chi connectivity index (χ2n) is 4.97. The number of oxime groups is 1. The van der Waals surface area contributed by atoms with E-state index in [9.17, 15) is 5.11 Å². The summed E-state index contributed by atoms with van der Waals surface area (Å²) in [5.74, 6) is 0. The molecule has 19 heavy (non-hydrogen) atoms.